The van der Waals surface area contributed by atoms with Crippen molar-refractivity contribution in [2.45, 2.75) is 32.9 Å². The maximum absolute atomic E-state index is 13.1. The van der Waals surface area contributed by atoms with Crippen LogP contribution in [0.4, 0.5) is 11.4 Å². The third-order valence-electron chi connectivity index (χ3n) is 5.07. The van der Waals surface area contributed by atoms with Crippen molar-refractivity contribution in [2.75, 3.05) is 10.7 Å². The second-order valence-corrected chi connectivity index (χ2v) is 9.42. The highest BCUT2D eigenvalue weighted by atomic mass is 32.2. The first-order chi connectivity index (χ1) is 13.3. The zero-order valence-corrected chi connectivity index (χ0v) is 17.3. The summed E-state index contributed by atoms with van der Waals surface area (Å²) in [6.07, 6.45) is 2.15. The van der Waals surface area contributed by atoms with Crippen LogP contribution in [0, 0.1) is 6.92 Å². The number of nitrogens with zero attached hydrogens (tertiary/aromatic N) is 1. The first-order valence-corrected chi connectivity index (χ1v) is 11.2. The third kappa shape index (κ3) is 3.94. The number of amides is 1. The van der Waals surface area contributed by atoms with E-state index in [9.17, 15) is 13.2 Å². The lowest BCUT2D eigenvalue weighted by Gasteiger charge is -2.23. The van der Waals surface area contributed by atoms with Gasteiger partial charge in [0.15, 0.2) is 9.84 Å². The minimum atomic E-state index is -3.15. The van der Waals surface area contributed by atoms with Gasteiger partial charge in [0.2, 0.25) is 5.91 Å². The van der Waals surface area contributed by atoms with Crippen molar-refractivity contribution in [2.24, 2.45) is 0 Å². The highest BCUT2D eigenvalue weighted by molar-refractivity contribution is 7.90. The van der Waals surface area contributed by atoms with Crippen molar-refractivity contribution in [1.82, 2.24) is 0 Å². The van der Waals surface area contributed by atoms with Crippen molar-refractivity contribution in [1.29, 1.82) is 0 Å². The number of carbonyl (C=O) groups excluding carboxylic acids is 1. The van der Waals surface area contributed by atoms with Crippen LogP contribution in [0.2, 0.25) is 0 Å². The van der Waals surface area contributed by atoms with Gasteiger partial charge in [-0.25, -0.2) is 8.42 Å². The number of benzene rings is 2. The van der Waals surface area contributed by atoms with Crippen LogP contribution in [0.25, 0.3) is 5.57 Å². The maximum Gasteiger partial charge on any atom is 0.235 e. The molecule has 146 valence electrons. The molecule has 2 aromatic carbocycles. The number of hydrogen-bond acceptors (Lipinski definition) is 3. The summed E-state index contributed by atoms with van der Waals surface area (Å²) < 4.78 is 24.2. The van der Waals surface area contributed by atoms with Gasteiger partial charge < -0.3 is 0 Å². The van der Waals surface area contributed by atoms with Gasteiger partial charge in [0.1, 0.15) is 0 Å². The molecule has 1 aliphatic rings. The summed E-state index contributed by atoms with van der Waals surface area (Å²) in [6.45, 7) is 9.74. The molecule has 0 aliphatic carbocycles. The van der Waals surface area contributed by atoms with E-state index in [1.165, 1.54) is 0 Å². The molecular weight excluding hydrogens is 370 g/mol. The van der Waals surface area contributed by atoms with Crippen LogP contribution in [0.1, 0.15) is 37.0 Å². The first-order valence-electron chi connectivity index (χ1n) is 9.33. The summed E-state index contributed by atoms with van der Waals surface area (Å²) in [5.41, 5.74) is 5.75. The van der Waals surface area contributed by atoms with Crippen LogP contribution in [0.15, 0.2) is 60.7 Å². The number of hydrogen-bond donors (Lipinski definition) is 0. The number of anilines is 2. The molecule has 0 saturated carbocycles. The van der Waals surface area contributed by atoms with Crippen molar-refractivity contribution < 1.29 is 13.2 Å². The third-order valence-corrected chi connectivity index (χ3v) is 6.73. The minimum absolute atomic E-state index is 0.0201. The second-order valence-electron chi connectivity index (χ2n) is 7.06. The molecule has 4 nitrogen and oxygen atoms in total. The summed E-state index contributed by atoms with van der Waals surface area (Å²) in [5, 5.41) is 0. The van der Waals surface area contributed by atoms with Crippen LogP contribution in [0.5, 0.6) is 0 Å². The fourth-order valence-electron chi connectivity index (χ4n) is 3.37. The zero-order valence-electron chi connectivity index (χ0n) is 16.5. The fraction of sp³-hybridized carbons (Fsp3) is 0.261. The number of carbonyl (C=O) groups is 1. The van der Waals surface area contributed by atoms with Crippen molar-refractivity contribution in [3.8, 4) is 0 Å². The Morgan fingerprint density at radius 3 is 2.43 bits per heavy atom. The molecule has 0 spiro atoms. The van der Waals surface area contributed by atoms with E-state index in [-0.39, 0.29) is 23.8 Å². The summed E-state index contributed by atoms with van der Waals surface area (Å²) in [6, 6.07) is 13.3. The maximum atomic E-state index is 13.1. The van der Waals surface area contributed by atoms with E-state index in [1.54, 1.807) is 17.9 Å². The van der Waals surface area contributed by atoms with Gasteiger partial charge in [0.25, 0.3) is 0 Å². The number of allylic oxidation sites excluding steroid dienone is 2. The molecule has 0 radical (unpaired) electrons. The van der Waals surface area contributed by atoms with E-state index >= 15 is 0 Å². The number of aryl methyl sites for hydroxylation is 1. The molecule has 0 N–H and O–H groups in total. The van der Waals surface area contributed by atoms with Gasteiger partial charge in [-0.3, -0.25) is 9.69 Å². The Bertz CT molecular complexity index is 1060. The average Bonchev–Trinajstić information content (AvgIpc) is 2.77. The first kappa shape index (κ1) is 20.1. The predicted octanol–water partition coefficient (Wildman–Crippen LogP) is 4.96. The topological polar surface area (TPSA) is 54.5 Å². The molecule has 1 amide bonds. The molecule has 0 fully saturated rings. The quantitative estimate of drug-likeness (QED) is 0.735. The van der Waals surface area contributed by atoms with Gasteiger partial charge in [-0.05, 0) is 54.8 Å². The Morgan fingerprint density at radius 1 is 1.14 bits per heavy atom. The van der Waals surface area contributed by atoms with Crippen molar-refractivity contribution in [3.05, 3.63) is 77.4 Å². The summed E-state index contributed by atoms with van der Waals surface area (Å²) in [5.74, 6) is 0.0399. The van der Waals surface area contributed by atoms with Crippen molar-refractivity contribution in [3.63, 3.8) is 0 Å². The summed E-state index contributed by atoms with van der Waals surface area (Å²) in [4.78, 5) is 14.8. The molecule has 0 bridgehead atoms. The van der Waals surface area contributed by atoms with Crippen LogP contribution in [0.3, 0.4) is 0 Å². The van der Waals surface area contributed by atoms with E-state index < -0.39 is 9.84 Å². The molecule has 0 saturated heterocycles. The largest absolute Gasteiger partial charge is 0.280 e. The lowest BCUT2D eigenvalue weighted by molar-refractivity contribution is -0.117. The minimum Gasteiger partial charge on any atom is -0.280 e. The highest BCUT2D eigenvalue weighted by Gasteiger charge is 2.28. The lowest BCUT2D eigenvalue weighted by atomic mass is 9.96. The van der Waals surface area contributed by atoms with Crippen LogP contribution >= 0.6 is 0 Å². The molecule has 0 atom stereocenters. The van der Waals surface area contributed by atoms with Gasteiger partial charge in [-0.15, -0.1) is 0 Å². The molecule has 5 heteroatoms. The molecule has 1 aliphatic heterocycles. The number of sulfone groups is 1. The van der Waals surface area contributed by atoms with E-state index in [2.05, 4.69) is 6.58 Å². The SMILES string of the molecule is C=C1/C(=C\C)CC(=O)N(c2ccc(C)cc2)c2ccc(CS(=O)(=O)CC)cc21. The highest BCUT2D eigenvalue weighted by Crippen LogP contribution is 2.40. The van der Waals surface area contributed by atoms with Gasteiger partial charge in [0.05, 0.1) is 17.9 Å². The van der Waals surface area contributed by atoms with Gasteiger partial charge in [-0.1, -0.05) is 43.3 Å². The molecule has 0 aromatic heterocycles. The standard InChI is InChI=1S/C23H25NO3S/c1-5-19-14-23(25)24(20-10-7-16(3)8-11-20)22-12-9-18(13-21(22)17(19)4)15-28(26,27)6-2/h5,7-13H,4,6,14-15H2,1-3H3/b19-5-. The Kier molecular flexibility index (Phi) is 5.57. The monoisotopic (exact) mass is 395 g/mol. The van der Waals surface area contributed by atoms with Crippen LogP contribution in [-0.2, 0) is 20.4 Å². The van der Waals surface area contributed by atoms with E-state index in [0.29, 0.717) is 5.56 Å². The predicted molar refractivity (Wildman–Crippen MR) is 115 cm³/mol. The van der Waals surface area contributed by atoms with Gasteiger partial charge in [0, 0.05) is 17.0 Å². The van der Waals surface area contributed by atoms with Crippen molar-refractivity contribution >= 4 is 32.7 Å². The van der Waals surface area contributed by atoms with E-state index in [1.807, 2.05) is 56.3 Å². The van der Waals surface area contributed by atoms with E-state index in [0.717, 1.165) is 33.6 Å². The second kappa shape index (κ2) is 7.76. The Balaban J connectivity index is 2.18. The smallest absolute Gasteiger partial charge is 0.235 e. The zero-order chi connectivity index (χ0) is 20.5. The molecular formula is C23H25NO3S. The fourth-order valence-corrected chi connectivity index (χ4v) is 4.27. The normalized spacial score (nSPS) is 16.2. The van der Waals surface area contributed by atoms with Crippen LogP contribution in [-0.4, -0.2) is 20.1 Å². The molecule has 28 heavy (non-hydrogen) atoms. The van der Waals surface area contributed by atoms with Crippen LogP contribution < -0.4 is 4.90 Å². The van der Waals surface area contributed by atoms with Gasteiger partial charge >= 0.3 is 0 Å². The number of rotatable bonds is 4. The number of fused-ring (bicyclic) bond motifs is 1. The Labute approximate surface area is 167 Å². The molecule has 3 rings (SSSR count). The van der Waals surface area contributed by atoms with Gasteiger partial charge in [-0.2, -0.15) is 0 Å². The molecule has 2 aromatic rings. The Hall–Kier alpha value is -2.66. The van der Waals surface area contributed by atoms with E-state index in [4.69, 9.17) is 0 Å². The molecule has 0 unspecified atom stereocenters. The lowest BCUT2D eigenvalue weighted by Crippen LogP contribution is -2.25. The average molecular weight is 396 g/mol. The summed E-state index contributed by atoms with van der Waals surface area (Å²) in [7, 11) is -3.15. The Morgan fingerprint density at radius 2 is 1.82 bits per heavy atom. The summed E-state index contributed by atoms with van der Waals surface area (Å²) >= 11 is 0. The molecule has 1 heterocycles.